The Labute approximate surface area is 140 Å². The number of benzene rings is 2. The number of hydrogen-bond donors (Lipinski definition) is 0. The highest BCUT2D eigenvalue weighted by Crippen LogP contribution is 2.31. The topological polar surface area (TPSA) is 55.8 Å². The Bertz CT molecular complexity index is 811. The molecule has 0 spiro atoms. The molecule has 1 aliphatic heterocycles. The molecule has 24 heavy (non-hydrogen) atoms. The smallest absolute Gasteiger partial charge is 0.247 e. The van der Waals surface area contributed by atoms with E-state index < -0.39 is 15.8 Å². The molecule has 7 heteroatoms. The first-order valence-corrected chi connectivity index (χ1v) is 8.96. The van der Waals surface area contributed by atoms with Crippen LogP contribution in [0.4, 0.5) is 4.39 Å². The average Bonchev–Trinajstić information content (AvgIpc) is 2.62. The Balaban J connectivity index is 1.91. The van der Waals surface area contributed by atoms with Gasteiger partial charge in [-0.15, -0.1) is 0 Å². The van der Waals surface area contributed by atoms with Crippen molar-refractivity contribution in [3.05, 3.63) is 59.9 Å². The van der Waals surface area contributed by atoms with Crippen LogP contribution in [0.1, 0.15) is 11.7 Å². The molecule has 2 aromatic carbocycles. The van der Waals surface area contributed by atoms with Crippen molar-refractivity contribution in [1.82, 2.24) is 4.31 Å². The van der Waals surface area contributed by atoms with Crippen molar-refractivity contribution in [2.24, 2.45) is 0 Å². The highest BCUT2D eigenvalue weighted by molar-refractivity contribution is 7.89. The fourth-order valence-corrected chi connectivity index (χ4v) is 4.30. The number of halogens is 1. The van der Waals surface area contributed by atoms with Gasteiger partial charge < -0.3 is 9.47 Å². The third-order valence-corrected chi connectivity index (χ3v) is 5.83. The summed E-state index contributed by atoms with van der Waals surface area (Å²) < 4.78 is 51.5. The van der Waals surface area contributed by atoms with E-state index in [1.165, 1.54) is 23.5 Å². The molecule has 0 radical (unpaired) electrons. The molecular weight excluding hydrogens is 333 g/mol. The second-order valence-corrected chi connectivity index (χ2v) is 7.33. The van der Waals surface area contributed by atoms with Crippen molar-refractivity contribution >= 4 is 10.0 Å². The Morgan fingerprint density at radius 1 is 1.21 bits per heavy atom. The van der Waals surface area contributed by atoms with E-state index in [0.717, 1.165) is 11.6 Å². The van der Waals surface area contributed by atoms with Crippen LogP contribution < -0.4 is 4.74 Å². The minimum absolute atomic E-state index is 0.124. The van der Waals surface area contributed by atoms with Crippen LogP contribution in [0.2, 0.25) is 0 Å². The van der Waals surface area contributed by atoms with Crippen molar-refractivity contribution < 1.29 is 22.3 Å². The summed E-state index contributed by atoms with van der Waals surface area (Å²) in [4.78, 5) is -0.168. The van der Waals surface area contributed by atoms with Crippen LogP contribution in [0.3, 0.4) is 0 Å². The maximum absolute atomic E-state index is 13.6. The van der Waals surface area contributed by atoms with E-state index >= 15 is 0 Å². The van der Waals surface area contributed by atoms with Gasteiger partial charge in [-0.05, 0) is 23.8 Å². The molecule has 1 unspecified atom stereocenters. The average molecular weight is 351 g/mol. The van der Waals surface area contributed by atoms with Gasteiger partial charge in [0, 0.05) is 13.1 Å². The molecule has 2 aromatic rings. The lowest BCUT2D eigenvalue weighted by molar-refractivity contribution is -0.00259. The van der Waals surface area contributed by atoms with Gasteiger partial charge in [-0.2, -0.15) is 4.31 Å². The van der Waals surface area contributed by atoms with Crippen LogP contribution in [0, 0.1) is 5.82 Å². The molecule has 1 fully saturated rings. The molecule has 0 amide bonds. The van der Waals surface area contributed by atoms with E-state index in [4.69, 9.17) is 9.47 Å². The third kappa shape index (κ3) is 3.28. The Morgan fingerprint density at radius 3 is 2.67 bits per heavy atom. The number of rotatable bonds is 4. The number of nitrogens with zero attached hydrogens (tertiary/aromatic N) is 1. The van der Waals surface area contributed by atoms with Gasteiger partial charge in [0.15, 0.2) is 0 Å². The Kier molecular flexibility index (Phi) is 4.84. The van der Waals surface area contributed by atoms with Crippen LogP contribution in [0.5, 0.6) is 5.75 Å². The van der Waals surface area contributed by atoms with Gasteiger partial charge in [-0.3, -0.25) is 0 Å². The van der Waals surface area contributed by atoms with Gasteiger partial charge >= 0.3 is 0 Å². The SMILES string of the molecule is COc1ccc(F)cc1S(=O)(=O)N1CCOC(c2ccccc2)C1. The molecule has 128 valence electrons. The highest BCUT2D eigenvalue weighted by atomic mass is 32.2. The Hall–Kier alpha value is -1.96. The zero-order chi connectivity index (χ0) is 17.2. The fraction of sp³-hybridized carbons (Fsp3) is 0.294. The highest BCUT2D eigenvalue weighted by Gasteiger charge is 2.33. The molecule has 1 saturated heterocycles. The molecule has 0 bridgehead atoms. The molecule has 1 aliphatic rings. The summed E-state index contributed by atoms with van der Waals surface area (Å²) in [6.07, 6.45) is -0.353. The van der Waals surface area contributed by atoms with Crippen LogP contribution in [0.15, 0.2) is 53.4 Å². The zero-order valence-corrected chi connectivity index (χ0v) is 14.0. The van der Waals surface area contributed by atoms with E-state index in [1.807, 2.05) is 30.3 Å². The van der Waals surface area contributed by atoms with E-state index in [0.29, 0.717) is 0 Å². The minimum atomic E-state index is -3.88. The second-order valence-electron chi connectivity index (χ2n) is 5.43. The summed E-state index contributed by atoms with van der Waals surface area (Å²) in [5.74, 6) is -0.499. The van der Waals surface area contributed by atoms with Crippen LogP contribution in [0.25, 0.3) is 0 Å². The first-order valence-electron chi connectivity index (χ1n) is 7.52. The first-order chi connectivity index (χ1) is 11.5. The summed E-state index contributed by atoms with van der Waals surface area (Å²) in [7, 11) is -2.52. The molecule has 0 saturated carbocycles. The summed E-state index contributed by atoms with van der Waals surface area (Å²) in [5, 5.41) is 0. The molecule has 1 atom stereocenters. The second kappa shape index (κ2) is 6.88. The van der Waals surface area contributed by atoms with Gasteiger partial charge in [0.2, 0.25) is 10.0 Å². The largest absolute Gasteiger partial charge is 0.495 e. The zero-order valence-electron chi connectivity index (χ0n) is 13.2. The summed E-state index contributed by atoms with van der Waals surface area (Å²) >= 11 is 0. The van der Waals surface area contributed by atoms with Gasteiger partial charge in [0.25, 0.3) is 0 Å². The van der Waals surface area contributed by atoms with E-state index in [-0.39, 0.29) is 36.4 Å². The maximum Gasteiger partial charge on any atom is 0.247 e. The first kappa shape index (κ1) is 16.9. The molecule has 0 aromatic heterocycles. The maximum atomic E-state index is 13.6. The van der Waals surface area contributed by atoms with Crippen LogP contribution in [-0.4, -0.2) is 39.5 Å². The number of morpholine rings is 1. The van der Waals surface area contributed by atoms with E-state index in [2.05, 4.69) is 0 Å². The predicted molar refractivity (Wildman–Crippen MR) is 86.8 cm³/mol. The standard InChI is InChI=1S/C17H18FNO4S/c1-22-15-8-7-14(18)11-17(15)24(20,21)19-9-10-23-16(12-19)13-5-3-2-4-6-13/h2-8,11,16H,9-10,12H2,1H3. The number of hydrogen-bond acceptors (Lipinski definition) is 4. The van der Waals surface area contributed by atoms with Crippen LogP contribution in [-0.2, 0) is 14.8 Å². The molecule has 5 nitrogen and oxygen atoms in total. The molecule has 3 rings (SSSR count). The van der Waals surface area contributed by atoms with Crippen LogP contribution >= 0.6 is 0 Å². The lowest BCUT2D eigenvalue weighted by Gasteiger charge is -2.32. The van der Waals surface area contributed by atoms with Crippen molar-refractivity contribution in [2.75, 3.05) is 26.8 Å². The number of methoxy groups -OCH3 is 1. The Morgan fingerprint density at radius 2 is 1.96 bits per heavy atom. The molecule has 0 N–H and O–H groups in total. The summed E-state index contributed by atoms with van der Waals surface area (Å²) in [5.41, 5.74) is 0.906. The van der Waals surface area contributed by atoms with Gasteiger partial charge in [0.05, 0.1) is 19.8 Å². The third-order valence-electron chi connectivity index (χ3n) is 3.94. The van der Waals surface area contributed by atoms with Crippen molar-refractivity contribution in [1.29, 1.82) is 0 Å². The predicted octanol–water partition coefficient (Wildman–Crippen LogP) is 2.60. The van der Waals surface area contributed by atoms with Gasteiger partial charge in [-0.1, -0.05) is 30.3 Å². The van der Waals surface area contributed by atoms with Crippen molar-refractivity contribution in [2.45, 2.75) is 11.0 Å². The monoisotopic (exact) mass is 351 g/mol. The number of sulfonamides is 1. The lowest BCUT2D eigenvalue weighted by atomic mass is 10.1. The quantitative estimate of drug-likeness (QED) is 0.850. The molecular formula is C17H18FNO4S. The fourth-order valence-electron chi connectivity index (χ4n) is 2.70. The van der Waals surface area contributed by atoms with E-state index in [9.17, 15) is 12.8 Å². The van der Waals surface area contributed by atoms with Gasteiger partial charge in [0.1, 0.15) is 16.5 Å². The summed E-state index contributed by atoms with van der Waals surface area (Å²) in [6.45, 7) is 0.660. The normalized spacial score (nSPS) is 19.2. The van der Waals surface area contributed by atoms with E-state index in [1.54, 1.807) is 0 Å². The van der Waals surface area contributed by atoms with Gasteiger partial charge in [-0.25, -0.2) is 12.8 Å². The van der Waals surface area contributed by atoms with Crippen molar-refractivity contribution in [3.63, 3.8) is 0 Å². The summed E-state index contributed by atoms with van der Waals surface area (Å²) in [6, 6.07) is 12.9. The number of ether oxygens (including phenoxy) is 2. The minimum Gasteiger partial charge on any atom is -0.495 e. The molecule has 1 heterocycles. The van der Waals surface area contributed by atoms with Crippen molar-refractivity contribution in [3.8, 4) is 5.75 Å². The lowest BCUT2D eigenvalue weighted by Crippen LogP contribution is -2.42. The molecule has 0 aliphatic carbocycles.